The topological polar surface area (TPSA) is 156 Å². The Kier molecular flexibility index (Phi) is 6.66. The van der Waals surface area contributed by atoms with Crippen molar-refractivity contribution in [2.75, 3.05) is 28.1 Å². The van der Waals surface area contributed by atoms with Crippen molar-refractivity contribution in [3.63, 3.8) is 0 Å². The number of carbonyl (C=O) groups is 1. The lowest BCUT2D eigenvalue weighted by Crippen LogP contribution is -2.17. The maximum atomic E-state index is 12.9. The molecule has 170 valence electrons. The predicted octanol–water partition coefficient (Wildman–Crippen LogP) is 2.28. The molecule has 0 saturated carbocycles. The molecule has 0 aliphatic rings. The van der Waals surface area contributed by atoms with Crippen LogP contribution in [0.3, 0.4) is 0 Å². The van der Waals surface area contributed by atoms with E-state index in [0.717, 1.165) is 23.2 Å². The van der Waals surface area contributed by atoms with Crippen molar-refractivity contribution in [3.8, 4) is 5.75 Å². The highest BCUT2D eigenvalue weighted by molar-refractivity contribution is 7.93. The molecule has 0 aliphatic carbocycles. The molecule has 14 heteroatoms. The number of aryl methyl sites for hydroxylation is 1. The summed E-state index contributed by atoms with van der Waals surface area (Å²) in [4.78, 5) is 12.4. The molecule has 3 N–H and O–H groups in total. The van der Waals surface area contributed by atoms with Gasteiger partial charge in [-0.1, -0.05) is 29.0 Å². The number of aromatic nitrogens is 2. The lowest BCUT2D eigenvalue weighted by molar-refractivity contribution is 0.102. The van der Waals surface area contributed by atoms with E-state index in [0.29, 0.717) is 5.69 Å². The first-order valence-corrected chi connectivity index (χ1v) is 13.1. The third kappa shape index (κ3) is 5.93. The van der Waals surface area contributed by atoms with Gasteiger partial charge in [-0.3, -0.25) is 19.6 Å². The van der Waals surface area contributed by atoms with Crippen LogP contribution in [-0.4, -0.2) is 46.3 Å². The summed E-state index contributed by atoms with van der Waals surface area (Å²) in [5.74, 6) is -0.613. The van der Waals surface area contributed by atoms with Gasteiger partial charge in [-0.05, 0) is 37.3 Å². The summed E-state index contributed by atoms with van der Waals surface area (Å²) in [6, 6.07) is 10.7. The number of sulfonamides is 2. The van der Waals surface area contributed by atoms with Gasteiger partial charge in [-0.2, -0.15) is 0 Å². The SMILES string of the molecule is COc1ccc(C(=O)Nc2nnc(NS(C)(=O)=O)s2)cc1S(=O)(=O)Nc1ccc(C)cc1. The average Bonchev–Trinajstić information content (AvgIpc) is 3.13. The van der Waals surface area contributed by atoms with E-state index in [1.807, 2.05) is 6.92 Å². The first-order chi connectivity index (χ1) is 15.0. The highest BCUT2D eigenvalue weighted by atomic mass is 32.2. The Morgan fingerprint density at radius 3 is 2.25 bits per heavy atom. The van der Waals surface area contributed by atoms with Gasteiger partial charge in [-0.25, -0.2) is 16.8 Å². The zero-order valence-electron chi connectivity index (χ0n) is 17.1. The summed E-state index contributed by atoms with van der Waals surface area (Å²) in [7, 11) is -6.30. The minimum absolute atomic E-state index is 0.0166. The van der Waals surface area contributed by atoms with Gasteiger partial charge in [0.25, 0.3) is 15.9 Å². The van der Waals surface area contributed by atoms with E-state index in [9.17, 15) is 21.6 Å². The second-order valence-electron chi connectivity index (χ2n) is 6.58. The van der Waals surface area contributed by atoms with Crippen LogP contribution in [0.1, 0.15) is 15.9 Å². The molecule has 3 aromatic rings. The van der Waals surface area contributed by atoms with Gasteiger partial charge in [0, 0.05) is 11.3 Å². The Bertz CT molecular complexity index is 1350. The van der Waals surface area contributed by atoms with E-state index in [1.165, 1.54) is 25.3 Å². The fourth-order valence-corrected chi connectivity index (χ4v) is 5.23. The van der Waals surface area contributed by atoms with E-state index in [4.69, 9.17) is 4.74 Å². The van der Waals surface area contributed by atoms with Gasteiger partial charge in [0.2, 0.25) is 20.3 Å². The number of nitrogens with zero attached hydrogens (tertiary/aromatic N) is 2. The normalized spacial score (nSPS) is 11.6. The van der Waals surface area contributed by atoms with Crippen LogP contribution in [-0.2, 0) is 20.0 Å². The lowest BCUT2D eigenvalue weighted by atomic mass is 10.2. The molecule has 3 rings (SSSR count). The zero-order chi connectivity index (χ0) is 23.5. The quantitative estimate of drug-likeness (QED) is 0.428. The third-order valence-corrected chi connectivity index (χ3v) is 6.79. The van der Waals surface area contributed by atoms with Gasteiger partial charge < -0.3 is 4.74 Å². The number of anilines is 3. The second-order valence-corrected chi connectivity index (χ2v) is 11.0. The molecular formula is C18H19N5O6S3. The standard InChI is InChI=1S/C18H19N5O6S3/c1-11-4-7-13(8-5-11)22-32(27,28)15-10-12(6-9-14(15)29-2)16(24)19-17-20-21-18(30-17)23-31(3,25)26/h4-10,22H,1-3H3,(H,21,23)(H,19,20,24). The number of hydrogen-bond acceptors (Lipinski definition) is 9. The maximum Gasteiger partial charge on any atom is 0.265 e. The maximum absolute atomic E-state index is 12.9. The van der Waals surface area contributed by atoms with Crippen molar-refractivity contribution in [1.82, 2.24) is 10.2 Å². The average molecular weight is 498 g/mol. The van der Waals surface area contributed by atoms with Gasteiger partial charge >= 0.3 is 0 Å². The van der Waals surface area contributed by atoms with Gasteiger partial charge in [0.15, 0.2) is 0 Å². The minimum Gasteiger partial charge on any atom is -0.495 e. The molecule has 0 atom stereocenters. The molecule has 0 saturated heterocycles. The first-order valence-electron chi connectivity index (χ1n) is 8.87. The zero-order valence-corrected chi connectivity index (χ0v) is 19.6. The van der Waals surface area contributed by atoms with E-state index in [2.05, 4.69) is 25.0 Å². The fourth-order valence-electron chi connectivity index (χ4n) is 2.50. The second kappa shape index (κ2) is 9.10. The molecule has 32 heavy (non-hydrogen) atoms. The molecular weight excluding hydrogens is 478 g/mol. The Balaban J connectivity index is 1.85. The van der Waals surface area contributed by atoms with Crippen molar-refractivity contribution in [2.24, 2.45) is 0 Å². The molecule has 0 radical (unpaired) electrons. The largest absolute Gasteiger partial charge is 0.495 e. The molecule has 0 aliphatic heterocycles. The number of methoxy groups -OCH3 is 1. The monoisotopic (exact) mass is 497 g/mol. The number of carbonyl (C=O) groups excluding carboxylic acids is 1. The van der Waals surface area contributed by atoms with E-state index < -0.39 is 26.0 Å². The van der Waals surface area contributed by atoms with E-state index in [1.54, 1.807) is 24.3 Å². The molecule has 11 nitrogen and oxygen atoms in total. The van der Waals surface area contributed by atoms with Gasteiger partial charge in [0.05, 0.1) is 13.4 Å². The summed E-state index contributed by atoms with van der Waals surface area (Å²) >= 11 is 0.803. The molecule has 2 aromatic carbocycles. The van der Waals surface area contributed by atoms with Crippen LogP contribution in [0.5, 0.6) is 5.75 Å². The number of amides is 1. The highest BCUT2D eigenvalue weighted by Gasteiger charge is 2.22. The molecule has 0 fully saturated rings. The summed E-state index contributed by atoms with van der Waals surface area (Å²) in [6.45, 7) is 1.88. The van der Waals surface area contributed by atoms with Crippen LogP contribution >= 0.6 is 11.3 Å². The molecule has 1 heterocycles. The van der Waals surface area contributed by atoms with Gasteiger partial charge in [-0.15, -0.1) is 10.2 Å². The number of nitrogens with one attached hydrogen (secondary N) is 3. The molecule has 0 unspecified atom stereocenters. The summed E-state index contributed by atoms with van der Waals surface area (Å²) in [5.41, 5.74) is 1.34. The number of ether oxygens (including phenoxy) is 1. The lowest BCUT2D eigenvalue weighted by Gasteiger charge is -2.13. The van der Waals surface area contributed by atoms with Crippen molar-refractivity contribution in [1.29, 1.82) is 0 Å². The van der Waals surface area contributed by atoms with Crippen molar-refractivity contribution < 1.29 is 26.4 Å². The Morgan fingerprint density at radius 2 is 1.62 bits per heavy atom. The number of hydrogen-bond donors (Lipinski definition) is 3. The molecule has 0 spiro atoms. The summed E-state index contributed by atoms with van der Waals surface area (Å²) in [6.07, 6.45) is 0.955. The van der Waals surface area contributed by atoms with Crippen LogP contribution in [0.25, 0.3) is 0 Å². The molecule has 1 aromatic heterocycles. The number of rotatable bonds is 8. The third-order valence-electron chi connectivity index (χ3n) is 3.94. The van der Waals surface area contributed by atoms with Crippen LogP contribution in [0.2, 0.25) is 0 Å². The van der Waals surface area contributed by atoms with Gasteiger partial charge in [0.1, 0.15) is 10.6 Å². The summed E-state index contributed by atoms with van der Waals surface area (Å²) in [5, 5.41) is 9.76. The van der Waals surface area contributed by atoms with Crippen LogP contribution in [0.15, 0.2) is 47.4 Å². The van der Waals surface area contributed by atoms with Crippen molar-refractivity contribution in [3.05, 3.63) is 53.6 Å². The van der Waals surface area contributed by atoms with Crippen molar-refractivity contribution in [2.45, 2.75) is 11.8 Å². The number of benzene rings is 2. The van der Waals surface area contributed by atoms with Crippen LogP contribution in [0.4, 0.5) is 16.0 Å². The summed E-state index contributed by atoms with van der Waals surface area (Å²) < 4.78 is 58.1. The van der Waals surface area contributed by atoms with E-state index >= 15 is 0 Å². The fraction of sp³-hybridized carbons (Fsp3) is 0.167. The van der Waals surface area contributed by atoms with Crippen molar-refractivity contribution >= 4 is 53.2 Å². The van der Waals surface area contributed by atoms with E-state index in [-0.39, 0.29) is 26.5 Å². The Labute approximate surface area is 188 Å². The Morgan fingerprint density at radius 1 is 0.969 bits per heavy atom. The van der Waals surface area contributed by atoms with Crippen LogP contribution < -0.4 is 19.5 Å². The molecule has 1 amide bonds. The van der Waals surface area contributed by atoms with Crippen LogP contribution in [0, 0.1) is 6.92 Å². The molecule has 0 bridgehead atoms. The highest BCUT2D eigenvalue weighted by Crippen LogP contribution is 2.28. The minimum atomic E-state index is -4.07. The first kappa shape index (κ1) is 23.4. The smallest absolute Gasteiger partial charge is 0.265 e. The Hall–Kier alpha value is -3.23. The predicted molar refractivity (Wildman–Crippen MR) is 121 cm³/mol.